The molecule has 1 aromatic heterocycles. The van der Waals surface area contributed by atoms with Gasteiger partial charge in [-0.15, -0.1) is 0 Å². The molecule has 8 heteroatoms. The van der Waals surface area contributed by atoms with E-state index >= 15 is 0 Å². The molecule has 26 heavy (non-hydrogen) atoms. The number of aryl methyl sites for hydroxylation is 1. The predicted molar refractivity (Wildman–Crippen MR) is 108 cm³/mol. The van der Waals surface area contributed by atoms with Gasteiger partial charge in [0.15, 0.2) is 12.0 Å². The van der Waals surface area contributed by atoms with E-state index in [-0.39, 0.29) is 17.8 Å². The molecule has 3 atom stereocenters. The highest BCUT2D eigenvalue weighted by Gasteiger charge is 2.30. The minimum Gasteiger partial charge on any atom is -0.368 e. The summed E-state index contributed by atoms with van der Waals surface area (Å²) in [4.78, 5) is 12.3. The van der Waals surface area contributed by atoms with Crippen LogP contribution in [0.4, 0.5) is 16.3 Å². The lowest BCUT2D eigenvalue weighted by molar-refractivity contribution is 0.305. The van der Waals surface area contributed by atoms with Crippen LogP contribution in [0.2, 0.25) is 0 Å². The van der Waals surface area contributed by atoms with E-state index in [1.54, 1.807) is 0 Å². The molecule has 0 bridgehead atoms. The quantitative estimate of drug-likeness (QED) is 0.797. The number of nitrogen functional groups attached to an aromatic ring is 1. The maximum atomic E-state index is 14.1. The van der Waals surface area contributed by atoms with Gasteiger partial charge in [0, 0.05) is 22.4 Å². The smallest absolute Gasteiger partial charge is 0.228 e. The third-order valence-electron chi connectivity index (χ3n) is 4.52. The zero-order chi connectivity index (χ0) is 19.3. The summed E-state index contributed by atoms with van der Waals surface area (Å²) >= 11 is 7.33. The number of anilines is 2. The van der Waals surface area contributed by atoms with Gasteiger partial charge in [0.1, 0.15) is 0 Å². The number of fused-ring (bicyclic) bond motifs is 1. The summed E-state index contributed by atoms with van der Waals surface area (Å²) in [5, 5.41) is 3.34. The Kier molecular flexibility index (Phi) is 7.28. The Morgan fingerprint density at radius 1 is 1.31 bits per heavy atom. The molecule has 1 aliphatic carbocycles. The van der Waals surface area contributed by atoms with E-state index in [1.165, 1.54) is 16.7 Å². The van der Waals surface area contributed by atoms with Gasteiger partial charge >= 0.3 is 0 Å². The van der Waals surface area contributed by atoms with Gasteiger partial charge in [-0.1, -0.05) is 44.0 Å². The molecule has 140 valence electrons. The van der Waals surface area contributed by atoms with Crippen molar-refractivity contribution in [2.75, 3.05) is 11.1 Å². The van der Waals surface area contributed by atoms with Crippen molar-refractivity contribution in [1.82, 2.24) is 15.0 Å². The van der Waals surface area contributed by atoms with Crippen molar-refractivity contribution in [3.63, 3.8) is 0 Å². The summed E-state index contributed by atoms with van der Waals surface area (Å²) in [5.41, 5.74) is 9.56. The zero-order valence-corrected chi connectivity index (χ0v) is 16.8. The molecule has 0 fully saturated rings. The maximum Gasteiger partial charge on any atom is 0.228 e. The number of alkyl halides is 1. The third kappa shape index (κ3) is 4.67. The summed E-state index contributed by atoms with van der Waals surface area (Å²) in [7, 11) is 0. The molecule has 2 aromatic rings. The Labute approximate surface area is 163 Å². The van der Waals surface area contributed by atoms with Crippen molar-refractivity contribution in [2.45, 2.75) is 52.2 Å². The molecule has 0 saturated carbocycles. The van der Waals surface area contributed by atoms with E-state index in [4.69, 9.17) is 5.73 Å². The number of hydrogen-bond donors (Lipinski definition) is 2. The van der Waals surface area contributed by atoms with Gasteiger partial charge in [-0.3, -0.25) is 0 Å². The largest absolute Gasteiger partial charge is 0.368 e. The fourth-order valence-electron chi connectivity index (χ4n) is 3.32. The highest BCUT2D eigenvalue weighted by Crippen LogP contribution is 2.38. The molecule has 1 unspecified atom stereocenters. The van der Waals surface area contributed by atoms with Crippen LogP contribution >= 0.6 is 0 Å². The van der Waals surface area contributed by atoms with E-state index in [0.717, 1.165) is 12.8 Å². The van der Waals surface area contributed by atoms with Crippen LogP contribution in [-0.4, -0.2) is 15.0 Å². The first-order valence-corrected chi connectivity index (χ1v) is 9.99. The van der Waals surface area contributed by atoms with Crippen LogP contribution < -0.4 is 11.1 Å². The first kappa shape index (κ1) is 20.5. The van der Waals surface area contributed by atoms with Crippen molar-refractivity contribution in [1.29, 1.82) is 0 Å². The monoisotopic (exact) mass is 393 g/mol. The summed E-state index contributed by atoms with van der Waals surface area (Å²) < 4.78 is 14.1. The topological polar surface area (TPSA) is 76.7 Å². The van der Waals surface area contributed by atoms with Crippen LogP contribution in [-0.2, 0) is 28.8 Å². The van der Waals surface area contributed by atoms with Crippen molar-refractivity contribution >= 4 is 34.3 Å². The molecular weight excluding hydrogens is 369 g/mol. The van der Waals surface area contributed by atoms with E-state index in [1.807, 2.05) is 6.92 Å². The van der Waals surface area contributed by atoms with Gasteiger partial charge in [0.2, 0.25) is 11.9 Å². The molecule has 3 rings (SSSR count). The van der Waals surface area contributed by atoms with E-state index in [0.29, 0.717) is 18.3 Å². The normalized spacial score (nSPS) is 19.2. The number of nitrogens with two attached hydrogens (primary N) is 1. The number of rotatable bonds is 5. The third-order valence-corrected chi connectivity index (χ3v) is 4.52. The zero-order valence-electron chi connectivity index (χ0n) is 15.2. The van der Waals surface area contributed by atoms with E-state index in [9.17, 15) is 4.39 Å². The average Bonchev–Trinajstić information content (AvgIpc) is 2.92. The maximum absolute atomic E-state index is 14.1. The standard InChI is InChI=1S/C18H24FN5.S2/c1-4-5-14(19)16-22-17(20)24-18(23-16)21-15-11(3)9-12-7-6-10(2)8-13(12)15;1-2/h6-8,11,14-15H,4-5,9H2,1-3H3,(H3,20,21,22,23,24);/t11-,14?,15+;/m0./s1. The Morgan fingerprint density at radius 3 is 2.73 bits per heavy atom. The Morgan fingerprint density at radius 2 is 2.04 bits per heavy atom. The van der Waals surface area contributed by atoms with Crippen LogP contribution in [0.15, 0.2) is 18.2 Å². The van der Waals surface area contributed by atoms with Gasteiger partial charge in [-0.25, -0.2) is 4.39 Å². The summed E-state index contributed by atoms with van der Waals surface area (Å²) in [6.45, 7) is 6.20. The number of nitrogens with zero attached hydrogens (tertiary/aromatic N) is 3. The fourth-order valence-corrected chi connectivity index (χ4v) is 3.32. The molecule has 5 nitrogen and oxygen atoms in total. The summed E-state index contributed by atoms with van der Waals surface area (Å²) in [6, 6.07) is 6.59. The number of hydrogen-bond acceptors (Lipinski definition) is 7. The summed E-state index contributed by atoms with van der Waals surface area (Å²) in [6.07, 6.45) is 0.894. The van der Waals surface area contributed by atoms with Crippen molar-refractivity contribution in [2.24, 2.45) is 5.92 Å². The minimum absolute atomic E-state index is 0.0522. The molecule has 0 radical (unpaired) electrons. The van der Waals surface area contributed by atoms with Crippen LogP contribution in [0.1, 0.15) is 61.4 Å². The SMILES string of the molecule is CCCC(F)c1nc(N)nc(N[C@H]2c3cc(C)ccc3C[C@@H]2C)n1.S=S. The second-order valence-electron chi connectivity index (χ2n) is 6.64. The molecular formula is C18H24FN5S2. The van der Waals surface area contributed by atoms with E-state index < -0.39 is 6.17 Å². The van der Waals surface area contributed by atoms with Crippen molar-refractivity contribution < 1.29 is 4.39 Å². The molecule has 3 N–H and O–H groups in total. The van der Waals surface area contributed by atoms with Gasteiger partial charge in [0.25, 0.3) is 0 Å². The van der Waals surface area contributed by atoms with Crippen molar-refractivity contribution in [3.05, 3.63) is 40.7 Å². The van der Waals surface area contributed by atoms with E-state index in [2.05, 4.69) is 74.7 Å². The molecule has 0 spiro atoms. The lowest BCUT2D eigenvalue weighted by atomic mass is 10.0. The number of aromatic nitrogens is 3. The van der Waals surface area contributed by atoms with Gasteiger partial charge in [-0.2, -0.15) is 15.0 Å². The lowest BCUT2D eigenvalue weighted by Crippen LogP contribution is -2.18. The second-order valence-corrected chi connectivity index (χ2v) is 6.64. The number of nitrogens with one attached hydrogen (secondary N) is 1. The first-order valence-electron chi connectivity index (χ1n) is 8.66. The van der Waals surface area contributed by atoms with Crippen LogP contribution in [0.3, 0.4) is 0 Å². The predicted octanol–water partition coefficient (Wildman–Crippen LogP) is 3.91. The average molecular weight is 394 g/mol. The van der Waals surface area contributed by atoms with Gasteiger partial charge in [-0.05, 0) is 36.8 Å². The van der Waals surface area contributed by atoms with Crippen LogP contribution in [0.5, 0.6) is 0 Å². The second kappa shape index (κ2) is 9.23. The minimum atomic E-state index is -1.21. The molecule has 1 heterocycles. The summed E-state index contributed by atoms with van der Waals surface area (Å²) in [5.74, 6) is 0.917. The van der Waals surface area contributed by atoms with Crippen molar-refractivity contribution in [3.8, 4) is 0 Å². The van der Waals surface area contributed by atoms with Crippen LogP contribution in [0.25, 0.3) is 0 Å². The molecule has 0 amide bonds. The van der Waals surface area contributed by atoms with Crippen LogP contribution in [0, 0.1) is 12.8 Å². The molecule has 0 aliphatic heterocycles. The molecule has 1 aliphatic rings. The highest BCUT2D eigenvalue weighted by molar-refractivity contribution is 8.07. The number of benzene rings is 1. The highest BCUT2D eigenvalue weighted by atomic mass is 32.8. The lowest BCUT2D eigenvalue weighted by Gasteiger charge is -2.19. The van der Waals surface area contributed by atoms with Gasteiger partial charge < -0.3 is 11.1 Å². The Bertz CT molecular complexity index is 758. The van der Waals surface area contributed by atoms with Gasteiger partial charge in [0.05, 0.1) is 6.04 Å². The Balaban J connectivity index is 0.00000117. The Hall–Kier alpha value is -1.80. The first-order chi connectivity index (χ1) is 12.5. The number of halogens is 1. The molecule has 1 aromatic carbocycles. The fraction of sp³-hybridized carbons (Fsp3) is 0.500. The molecule has 0 saturated heterocycles.